The first-order valence-corrected chi connectivity index (χ1v) is 8.35. The third-order valence-electron chi connectivity index (χ3n) is 2.53. The molecule has 0 saturated heterocycles. The van der Waals surface area contributed by atoms with Gasteiger partial charge in [0.2, 0.25) is 10.0 Å². The number of benzene rings is 1. The van der Waals surface area contributed by atoms with E-state index in [1.165, 1.54) is 0 Å². The summed E-state index contributed by atoms with van der Waals surface area (Å²) < 4.78 is 25.1. The lowest BCUT2D eigenvalue weighted by Gasteiger charge is -2.14. The molecule has 0 bridgehead atoms. The number of sulfonamides is 1. The highest BCUT2D eigenvalue weighted by Crippen LogP contribution is 2.15. The number of nitrogens with zero attached hydrogens (tertiary/aromatic N) is 1. The Bertz CT molecular complexity index is 561. The van der Waals surface area contributed by atoms with Gasteiger partial charge < -0.3 is 10.6 Å². The molecule has 8 heteroatoms. The zero-order valence-corrected chi connectivity index (χ0v) is 15.7. The van der Waals surface area contributed by atoms with Crippen molar-refractivity contribution in [1.29, 1.82) is 0 Å². The molecular formula is C13H23IN4O2S. The molecule has 0 amide bonds. The Hall–Kier alpha value is -1.03. The first-order chi connectivity index (χ1) is 9.46. The Labute approximate surface area is 143 Å². The van der Waals surface area contributed by atoms with E-state index in [0.29, 0.717) is 18.2 Å². The third kappa shape index (κ3) is 8.10. The molecule has 0 aliphatic heterocycles. The molecule has 6 nitrogen and oxygen atoms in total. The van der Waals surface area contributed by atoms with Crippen molar-refractivity contribution >= 4 is 45.6 Å². The van der Waals surface area contributed by atoms with Crippen LogP contribution in [0.25, 0.3) is 0 Å². The molecule has 0 spiro atoms. The minimum absolute atomic E-state index is 0. The molecule has 3 N–H and O–H groups in total. The molecule has 1 aromatic carbocycles. The summed E-state index contributed by atoms with van der Waals surface area (Å²) in [5.41, 5.74) is 1.44. The average molecular weight is 426 g/mol. The summed E-state index contributed by atoms with van der Waals surface area (Å²) >= 11 is 0. The minimum atomic E-state index is -3.28. The molecule has 120 valence electrons. The Kier molecular flexibility index (Phi) is 9.34. The van der Waals surface area contributed by atoms with E-state index in [1.54, 1.807) is 19.2 Å². The van der Waals surface area contributed by atoms with Crippen LogP contribution in [0, 0.1) is 0 Å². The fourth-order valence-corrected chi connectivity index (χ4v) is 2.22. The number of guanidine groups is 1. The predicted molar refractivity (Wildman–Crippen MR) is 98.8 cm³/mol. The molecule has 0 radical (unpaired) electrons. The Morgan fingerprint density at radius 2 is 1.90 bits per heavy atom. The molecule has 0 saturated carbocycles. The van der Waals surface area contributed by atoms with Crippen molar-refractivity contribution in [2.24, 2.45) is 4.99 Å². The number of nitrogens with one attached hydrogen (secondary N) is 3. The fraction of sp³-hybridized carbons (Fsp3) is 0.462. The Balaban J connectivity index is 0.00000400. The van der Waals surface area contributed by atoms with E-state index in [0.717, 1.165) is 24.8 Å². The van der Waals surface area contributed by atoms with Crippen molar-refractivity contribution in [2.75, 3.05) is 24.6 Å². The summed E-state index contributed by atoms with van der Waals surface area (Å²) in [7, 11) is -1.58. The smallest absolute Gasteiger partial charge is 0.229 e. The van der Waals surface area contributed by atoms with Crippen LogP contribution in [0.2, 0.25) is 0 Å². The van der Waals surface area contributed by atoms with Gasteiger partial charge in [0, 0.05) is 20.1 Å². The number of rotatable bonds is 6. The molecule has 0 heterocycles. The third-order valence-corrected chi connectivity index (χ3v) is 3.12. The summed E-state index contributed by atoms with van der Waals surface area (Å²) in [4.78, 5) is 4.10. The zero-order valence-electron chi connectivity index (χ0n) is 12.5. The maximum absolute atomic E-state index is 11.3. The standard InChI is InChI=1S/C13H22N4O2S.HI/c1-4-9-15-13(14-2)16-10-11-7-5-6-8-12(11)17-20(3,18)19;/h5-8,17H,4,9-10H2,1-3H3,(H2,14,15,16);1H. The Morgan fingerprint density at radius 1 is 1.24 bits per heavy atom. The molecule has 0 aliphatic carbocycles. The monoisotopic (exact) mass is 426 g/mol. The van der Waals surface area contributed by atoms with E-state index >= 15 is 0 Å². The first-order valence-electron chi connectivity index (χ1n) is 6.46. The maximum atomic E-state index is 11.3. The van der Waals surface area contributed by atoms with Crippen molar-refractivity contribution in [3.05, 3.63) is 29.8 Å². The summed E-state index contributed by atoms with van der Waals surface area (Å²) in [5, 5.41) is 6.31. The molecule has 0 aromatic heterocycles. The largest absolute Gasteiger partial charge is 0.356 e. The van der Waals surface area contributed by atoms with Crippen LogP contribution < -0.4 is 15.4 Å². The molecule has 0 atom stereocenters. The van der Waals surface area contributed by atoms with Crippen LogP contribution in [0.1, 0.15) is 18.9 Å². The zero-order chi connectivity index (χ0) is 15.0. The molecule has 1 rings (SSSR count). The van der Waals surface area contributed by atoms with Gasteiger partial charge in [0.1, 0.15) is 0 Å². The summed E-state index contributed by atoms with van der Waals surface area (Å²) in [6, 6.07) is 7.27. The molecule has 21 heavy (non-hydrogen) atoms. The van der Waals surface area contributed by atoms with E-state index in [1.807, 2.05) is 12.1 Å². The quantitative estimate of drug-likeness (QED) is 0.368. The maximum Gasteiger partial charge on any atom is 0.229 e. The van der Waals surface area contributed by atoms with Gasteiger partial charge in [-0.1, -0.05) is 25.1 Å². The van der Waals surface area contributed by atoms with E-state index in [2.05, 4.69) is 27.3 Å². The van der Waals surface area contributed by atoms with Gasteiger partial charge in [0.25, 0.3) is 0 Å². The number of hydrogen-bond acceptors (Lipinski definition) is 3. The van der Waals surface area contributed by atoms with Gasteiger partial charge in [-0.15, -0.1) is 24.0 Å². The van der Waals surface area contributed by atoms with E-state index in [4.69, 9.17) is 0 Å². The van der Waals surface area contributed by atoms with Gasteiger partial charge in [-0.2, -0.15) is 0 Å². The van der Waals surface area contributed by atoms with Crippen LogP contribution >= 0.6 is 24.0 Å². The van der Waals surface area contributed by atoms with Crippen LogP contribution in [0.5, 0.6) is 0 Å². The lowest BCUT2D eigenvalue weighted by Crippen LogP contribution is -2.37. The topological polar surface area (TPSA) is 82.6 Å². The number of para-hydroxylation sites is 1. The highest BCUT2D eigenvalue weighted by Gasteiger charge is 2.07. The van der Waals surface area contributed by atoms with Gasteiger partial charge in [0.05, 0.1) is 11.9 Å². The second kappa shape index (κ2) is 9.82. The van der Waals surface area contributed by atoms with Crippen LogP contribution in [-0.4, -0.2) is 34.2 Å². The number of halogens is 1. The van der Waals surface area contributed by atoms with Crippen molar-refractivity contribution in [3.8, 4) is 0 Å². The summed E-state index contributed by atoms with van der Waals surface area (Å²) in [6.45, 7) is 3.40. The minimum Gasteiger partial charge on any atom is -0.356 e. The average Bonchev–Trinajstić information content (AvgIpc) is 2.39. The molecule has 0 fully saturated rings. The fourth-order valence-electron chi connectivity index (χ4n) is 1.62. The van der Waals surface area contributed by atoms with Gasteiger partial charge in [-0.25, -0.2) is 8.42 Å². The number of hydrogen-bond donors (Lipinski definition) is 3. The summed E-state index contributed by atoms with van der Waals surface area (Å²) in [5.74, 6) is 0.695. The van der Waals surface area contributed by atoms with Gasteiger partial charge in [-0.3, -0.25) is 9.71 Å². The SMILES string of the molecule is CCCNC(=NC)NCc1ccccc1NS(C)(=O)=O.I. The highest BCUT2D eigenvalue weighted by molar-refractivity contribution is 14.0. The lowest BCUT2D eigenvalue weighted by atomic mass is 10.2. The van der Waals surface area contributed by atoms with E-state index in [-0.39, 0.29) is 24.0 Å². The van der Waals surface area contributed by atoms with Crippen molar-refractivity contribution in [2.45, 2.75) is 19.9 Å². The van der Waals surface area contributed by atoms with Crippen molar-refractivity contribution in [3.63, 3.8) is 0 Å². The molecule has 1 aromatic rings. The van der Waals surface area contributed by atoms with E-state index in [9.17, 15) is 8.42 Å². The van der Waals surface area contributed by atoms with Crippen LogP contribution in [0.3, 0.4) is 0 Å². The van der Waals surface area contributed by atoms with Crippen molar-refractivity contribution < 1.29 is 8.42 Å². The molecule has 0 aliphatic rings. The lowest BCUT2D eigenvalue weighted by molar-refractivity contribution is 0.606. The predicted octanol–water partition coefficient (Wildman–Crippen LogP) is 1.75. The normalized spacial score (nSPS) is 11.5. The Morgan fingerprint density at radius 3 is 2.48 bits per heavy atom. The molecular weight excluding hydrogens is 403 g/mol. The van der Waals surface area contributed by atoms with Crippen LogP contribution in [0.4, 0.5) is 5.69 Å². The van der Waals surface area contributed by atoms with E-state index < -0.39 is 10.0 Å². The molecule has 0 unspecified atom stereocenters. The van der Waals surface area contributed by atoms with Crippen LogP contribution in [-0.2, 0) is 16.6 Å². The highest BCUT2D eigenvalue weighted by atomic mass is 127. The van der Waals surface area contributed by atoms with Crippen LogP contribution in [0.15, 0.2) is 29.3 Å². The van der Waals surface area contributed by atoms with Gasteiger partial charge >= 0.3 is 0 Å². The number of aliphatic imine (C=N–C) groups is 1. The van der Waals surface area contributed by atoms with Crippen molar-refractivity contribution in [1.82, 2.24) is 10.6 Å². The summed E-state index contributed by atoms with van der Waals surface area (Å²) in [6.07, 6.45) is 2.14. The first kappa shape index (κ1) is 20.0. The second-order valence-electron chi connectivity index (χ2n) is 4.38. The second-order valence-corrected chi connectivity index (χ2v) is 6.13. The van der Waals surface area contributed by atoms with Gasteiger partial charge in [0.15, 0.2) is 5.96 Å². The van der Waals surface area contributed by atoms with Gasteiger partial charge in [-0.05, 0) is 18.1 Å². The number of anilines is 1.